The van der Waals surface area contributed by atoms with E-state index in [1.807, 2.05) is 11.4 Å². The van der Waals surface area contributed by atoms with E-state index in [0.29, 0.717) is 23.6 Å². The number of rotatable bonds is 5. The van der Waals surface area contributed by atoms with Gasteiger partial charge in [0, 0.05) is 34.5 Å². The quantitative estimate of drug-likeness (QED) is 0.717. The van der Waals surface area contributed by atoms with Gasteiger partial charge in [-0.2, -0.15) is 0 Å². The fourth-order valence-corrected chi connectivity index (χ4v) is 3.32. The average Bonchev–Trinajstić information content (AvgIpc) is 3.04. The minimum atomic E-state index is -0.0965. The van der Waals surface area contributed by atoms with Crippen LogP contribution in [0.4, 0.5) is 0 Å². The highest BCUT2D eigenvalue weighted by Crippen LogP contribution is 2.24. The van der Waals surface area contributed by atoms with Gasteiger partial charge < -0.3 is 5.32 Å². The maximum absolute atomic E-state index is 12.0. The summed E-state index contributed by atoms with van der Waals surface area (Å²) in [4.78, 5) is 16.7. The Morgan fingerprint density at radius 1 is 1.21 bits per heavy atom. The zero-order valence-corrected chi connectivity index (χ0v) is 14.8. The van der Waals surface area contributed by atoms with Gasteiger partial charge in [-0.05, 0) is 37.3 Å². The number of aromatic nitrogens is 1. The van der Waals surface area contributed by atoms with Crippen molar-refractivity contribution >= 4 is 28.8 Å². The fourth-order valence-electron chi connectivity index (χ4n) is 2.34. The van der Waals surface area contributed by atoms with Crippen molar-refractivity contribution in [2.24, 2.45) is 0 Å². The van der Waals surface area contributed by atoms with Crippen molar-refractivity contribution in [2.45, 2.75) is 13.3 Å². The topological polar surface area (TPSA) is 42.0 Å². The van der Waals surface area contributed by atoms with Crippen LogP contribution in [0.25, 0.3) is 10.6 Å². The number of carbonyl (C=O) groups excluding carboxylic acids is 1. The Labute approximate surface area is 150 Å². The van der Waals surface area contributed by atoms with Crippen LogP contribution in [-0.2, 0) is 6.42 Å². The molecule has 1 N–H and O–H groups in total. The number of aryl methyl sites for hydroxylation is 1. The summed E-state index contributed by atoms with van der Waals surface area (Å²) in [5.74, 6) is -0.0965. The lowest BCUT2D eigenvalue weighted by Gasteiger charge is -2.04. The molecule has 3 nitrogen and oxygen atoms in total. The summed E-state index contributed by atoms with van der Waals surface area (Å²) in [6, 6.07) is 15.2. The normalized spacial score (nSPS) is 10.6. The number of hydrogen-bond donors (Lipinski definition) is 1. The van der Waals surface area contributed by atoms with Crippen molar-refractivity contribution in [3.05, 3.63) is 75.8 Å². The van der Waals surface area contributed by atoms with Gasteiger partial charge in [0.1, 0.15) is 5.01 Å². The van der Waals surface area contributed by atoms with Gasteiger partial charge in [-0.25, -0.2) is 4.98 Å². The summed E-state index contributed by atoms with van der Waals surface area (Å²) in [6.45, 7) is 2.63. The van der Waals surface area contributed by atoms with Crippen LogP contribution in [0.2, 0.25) is 5.02 Å². The van der Waals surface area contributed by atoms with Gasteiger partial charge >= 0.3 is 0 Å². The first-order valence-corrected chi connectivity index (χ1v) is 8.93. The highest BCUT2D eigenvalue weighted by Gasteiger charge is 2.07. The lowest BCUT2D eigenvalue weighted by Crippen LogP contribution is -2.25. The van der Waals surface area contributed by atoms with Gasteiger partial charge in [-0.1, -0.05) is 35.4 Å². The summed E-state index contributed by atoms with van der Waals surface area (Å²) in [7, 11) is 0. The molecule has 1 heterocycles. The highest BCUT2D eigenvalue weighted by molar-refractivity contribution is 7.13. The molecule has 0 saturated carbocycles. The number of thiazole rings is 1. The van der Waals surface area contributed by atoms with E-state index < -0.39 is 0 Å². The molecule has 24 heavy (non-hydrogen) atoms. The van der Waals surface area contributed by atoms with Crippen molar-refractivity contribution in [1.82, 2.24) is 10.3 Å². The molecule has 3 rings (SSSR count). The minimum absolute atomic E-state index is 0.0965. The molecule has 0 fully saturated rings. The van der Waals surface area contributed by atoms with Crippen molar-refractivity contribution in [2.75, 3.05) is 6.54 Å². The van der Waals surface area contributed by atoms with Crippen LogP contribution in [0.3, 0.4) is 0 Å². The Kier molecular flexibility index (Phi) is 5.28. The van der Waals surface area contributed by atoms with E-state index in [0.717, 1.165) is 16.3 Å². The molecule has 0 aliphatic heterocycles. The summed E-state index contributed by atoms with van der Waals surface area (Å²) < 4.78 is 0. The molecule has 0 atom stereocenters. The first-order chi connectivity index (χ1) is 11.6. The second kappa shape index (κ2) is 7.60. The SMILES string of the molecule is Cc1cccc(-c2nc(CCNC(=O)c3ccc(Cl)cc3)cs2)c1. The van der Waals surface area contributed by atoms with Gasteiger partial charge in [0.25, 0.3) is 5.91 Å². The van der Waals surface area contributed by atoms with Crippen LogP contribution >= 0.6 is 22.9 Å². The molecule has 3 aromatic rings. The summed E-state index contributed by atoms with van der Waals surface area (Å²) >= 11 is 7.45. The molecule has 0 aliphatic carbocycles. The smallest absolute Gasteiger partial charge is 0.251 e. The maximum atomic E-state index is 12.0. The Balaban J connectivity index is 1.56. The van der Waals surface area contributed by atoms with E-state index in [2.05, 4.69) is 35.4 Å². The Morgan fingerprint density at radius 3 is 2.75 bits per heavy atom. The van der Waals surface area contributed by atoms with E-state index in [1.54, 1.807) is 35.6 Å². The lowest BCUT2D eigenvalue weighted by atomic mass is 10.1. The van der Waals surface area contributed by atoms with E-state index in [9.17, 15) is 4.79 Å². The van der Waals surface area contributed by atoms with E-state index in [-0.39, 0.29) is 5.91 Å². The third-order valence-electron chi connectivity index (χ3n) is 3.59. The van der Waals surface area contributed by atoms with Gasteiger partial charge in [0.05, 0.1) is 5.69 Å². The number of halogens is 1. The van der Waals surface area contributed by atoms with Gasteiger partial charge in [0.2, 0.25) is 0 Å². The second-order valence-corrected chi connectivity index (χ2v) is 6.82. The van der Waals surface area contributed by atoms with Gasteiger partial charge in [0.15, 0.2) is 0 Å². The molecule has 122 valence electrons. The Hall–Kier alpha value is -2.17. The molecule has 2 aromatic carbocycles. The highest BCUT2D eigenvalue weighted by atomic mass is 35.5. The van der Waals surface area contributed by atoms with Crippen molar-refractivity contribution < 1.29 is 4.79 Å². The zero-order valence-electron chi connectivity index (χ0n) is 13.3. The van der Waals surface area contributed by atoms with Crippen molar-refractivity contribution in [3.63, 3.8) is 0 Å². The average molecular weight is 357 g/mol. The van der Waals surface area contributed by atoms with Gasteiger partial charge in [-0.3, -0.25) is 4.79 Å². The molecule has 0 radical (unpaired) electrons. The molecule has 0 saturated heterocycles. The van der Waals surface area contributed by atoms with Crippen LogP contribution in [0.15, 0.2) is 53.9 Å². The van der Waals surface area contributed by atoms with Crippen LogP contribution in [-0.4, -0.2) is 17.4 Å². The zero-order chi connectivity index (χ0) is 16.9. The number of hydrogen-bond acceptors (Lipinski definition) is 3. The van der Waals surface area contributed by atoms with Crippen LogP contribution in [0, 0.1) is 6.92 Å². The molecular formula is C19H17ClN2OS. The van der Waals surface area contributed by atoms with Crippen molar-refractivity contribution in [3.8, 4) is 10.6 Å². The molecular weight excluding hydrogens is 340 g/mol. The predicted octanol–water partition coefficient (Wildman–Crippen LogP) is 4.74. The standard InChI is InChI=1S/C19H17ClN2OS/c1-13-3-2-4-15(11-13)19-22-17(12-24-19)9-10-21-18(23)14-5-7-16(20)8-6-14/h2-8,11-12H,9-10H2,1H3,(H,21,23). The van der Waals surface area contributed by atoms with Gasteiger partial charge in [-0.15, -0.1) is 11.3 Å². The Morgan fingerprint density at radius 2 is 2.00 bits per heavy atom. The molecule has 0 unspecified atom stereocenters. The molecule has 1 aromatic heterocycles. The van der Waals surface area contributed by atoms with Crippen LogP contribution < -0.4 is 5.32 Å². The van der Waals surface area contributed by atoms with E-state index in [1.165, 1.54) is 5.56 Å². The number of nitrogens with zero attached hydrogens (tertiary/aromatic N) is 1. The minimum Gasteiger partial charge on any atom is -0.352 e. The lowest BCUT2D eigenvalue weighted by molar-refractivity contribution is 0.0954. The largest absolute Gasteiger partial charge is 0.352 e. The molecule has 0 bridgehead atoms. The van der Waals surface area contributed by atoms with E-state index in [4.69, 9.17) is 11.6 Å². The predicted molar refractivity (Wildman–Crippen MR) is 99.8 cm³/mol. The fraction of sp³-hybridized carbons (Fsp3) is 0.158. The Bertz CT molecular complexity index is 843. The summed E-state index contributed by atoms with van der Waals surface area (Å²) in [5.41, 5.74) is 3.96. The van der Waals surface area contributed by atoms with Crippen LogP contribution in [0.5, 0.6) is 0 Å². The summed E-state index contributed by atoms with van der Waals surface area (Å²) in [5, 5.41) is 6.59. The summed E-state index contributed by atoms with van der Waals surface area (Å²) in [6.07, 6.45) is 0.710. The molecule has 0 spiro atoms. The number of nitrogens with one attached hydrogen (secondary N) is 1. The third-order valence-corrected chi connectivity index (χ3v) is 4.78. The molecule has 1 amide bonds. The third kappa shape index (κ3) is 4.22. The van der Waals surface area contributed by atoms with Crippen molar-refractivity contribution in [1.29, 1.82) is 0 Å². The van der Waals surface area contributed by atoms with E-state index >= 15 is 0 Å². The maximum Gasteiger partial charge on any atom is 0.251 e. The number of carbonyl (C=O) groups is 1. The number of benzene rings is 2. The monoisotopic (exact) mass is 356 g/mol. The number of amides is 1. The second-order valence-electron chi connectivity index (χ2n) is 5.53. The first kappa shape index (κ1) is 16.7. The first-order valence-electron chi connectivity index (χ1n) is 7.67. The van der Waals surface area contributed by atoms with Crippen LogP contribution in [0.1, 0.15) is 21.6 Å². The molecule has 0 aliphatic rings. The molecule has 5 heteroatoms.